The van der Waals surface area contributed by atoms with Crippen LogP contribution in [0.15, 0.2) is 0 Å². The molecule has 0 aliphatic rings. The molecule has 0 bridgehead atoms. The van der Waals surface area contributed by atoms with Crippen molar-refractivity contribution in [2.75, 3.05) is 32.7 Å². The van der Waals surface area contributed by atoms with Crippen LogP contribution < -0.4 is 0 Å². The second-order valence-electron chi connectivity index (χ2n) is 3.84. The van der Waals surface area contributed by atoms with E-state index in [1.165, 1.54) is 14.2 Å². The van der Waals surface area contributed by atoms with Gasteiger partial charge in [-0.1, -0.05) is 18.8 Å². The van der Waals surface area contributed by atoms with E-state index < -0.39 is 17.7 Å². The fourth-order valence-corrected chi connectivity index (χ4v) is 3.43. The van der Waals surface area contributed by atoms with Gasteiger partial charge in [-0.25, -0.2) is 0 Å². The van der Waals surface area contributed by atoms with E-state index in [1.54, 1.807) is 0 Å². The molecule has 0 heterocycles. The van der Waals surface area contributed by atoms with Crippen molar-refractivity contribution in [2.45, 2.75) is 25.7 Å². The third-order valence-corrected chi connectivity index (χ3v) is 5.70. The molecule has 0 aliphatic carbocycles. The van der Waals surface area contributed by atoms with Crippen molar-refractivity contribution in [3.63, 3.8) is 0 Å². The summed E-state index contributed by atoms with van der Waals surface area (Å²) in [6.45, 7) is -0.229. The van der Waals surface area contributed by atoms with Gasteiger partial charge in [-0.3, -0.25) is 8.75 Å². The molecule has 0 saturated carbocycles. The number of terminal acetylenes is 1. The highest BCUT2D eigenvalue weighted by Gasteiger charge is 2.19. The maximum Gasteiger partial charge on any atom is 0.330 e. The van der Waals surface area contributed by atoms with Gasteiger partial charge in [0.05, 0.1) is 11.9 Å². The molecule has 0 aromatic heterocycles. The van der Waals surface area contributed by atoms with E-state index in [-0.39, 0.29) is 12.4 Å². The Kier molecular flexibility index (Phi) is 9.32. The summed E-state index contributed by atoms with van der Waals surface area (Å²) >= 11 is 0. The Bertz CT molecular complexity index is 417. The van der Waals surface area contributed by atoms with Crippen LogP contribution in [0.25, 0.3) is 0 Å². The monoisotopic (exact) mass is 312 g/mol. The van der Waals surface area contributed by atoms with E-state index in [9.17, 15) is 13.0 Å². The zero-order chi connectivity index (χ0) is 14.8. The van der Waals surface area contributed by atoms with E-state index >= 15 is 0 Å². The molecule has 8 heteroatoms. The largest absolute Gasteiger partial charge is 0.330 e. The number of hydrogen-bond donors (Lipinski definition) is 0. The van der Waals surface area contributed by atoms with E-state index in [0.29, 0.717) is 25.4 Å². The molecule has 6 nitrogen and oxygen atoms in total. The van der Waals surface area contributed by atoms with Crippen LogP contribution in [-0.2, 0) is 27.9 Å². The molecule has 112 valence electrons. The predicted molar refractivity (Wildman–Crippen MR) is 73.5 cm³/mol. The molecule has 0 fully saturated rings. The van der Waals surface area contributed by atoms with Gasteiger partial charge < -0.3 is 9.05 Å². The Balaban J connectivity index is 3.72. The molecular weight excluding hydrogens is 291 g/mol. The maximum atomic E-state index is 11.7. The van der Waals surface area contributed by atoms with E-state index in [1.807, 2.05) is 0 Å². The lowest BCUT2D eigenvalue weighted by atomic mass is 10.2. The minimum absolute atomic E-state index is 0.0547. The Morgan fingerprint density at radius 2 is 1.68 bits per heavy atom. The van der Waals surface area contributed by atoms with Crippen molar-refractivity contribution < 1.29 is 26.2 Å². The average Bonchev–Trinajstić information content (AvgIpc) is 2.40. The average molecular weight is 312 g/mol. The van der Waals surface area contributed by atoms with Crippen LogP contribution in [0, 0.1) is 12.3 Å². The minimum Gasteiger partial charge on any atom is -0.312 e. The highest BCUT2D eigenvalue weighted by atomic mass is 32.2. The van der Waals surface area contributed by atoms with Crippen molar-refractivity contribution in [1.82, 2.24) is 0 Å². The standard InChI is InChI=1S/C11H21O6PS/c1-4-9-17-19(13,14)11-8-6-5-7-10-18(12,15-2)16-3/h1H,5-11H2,2-3H3. The van der Waals surface area contributed by atoms with Crippen LogP contribution >= 0.6 is 7.60 Å². The minimum atomic E-state index is -3.52. The molecule has 0 rings (SSSR count). The summed E-state index contributed by atoms with van der Waals surface area (Å²) in [4.78, 5) is 0. The molecular formula is C11H21O6PS. The first kappa shape index (κ1) is 18.6. The molecule has 0 atom stereocenters. The molecule has 0 aliphatic heterocycles. The topological polar surface area (TPSA) is 78.9 Å². The second kappa shape index (κ2) is 9.51. The van der Waals surface area contributed by atoms with E-state index in [0.717, 1.165) is 6.42 Å². The van der Waals surface area contributed by atoms with Gasteiger partial charge in [-0.05, 0) is 12.8 Å². The smallest absolute Gasteiger partial charge is 0.312 e. The SMILES string of the molecule is C#CCOS(=O)(=O)CCCCCCP(=O)(OC)OC. The molecule has 0 amide bonds. The van der Waals surface area contributed by atoms with Gasteiger partial charge in [-0.2, -0.15) is 8.42 Å². The maximum absolute atomic E-state index is 11.7. The summed E-state index contributed by atoms with van der Waals surface area (Å²) in [5.74, 6) is 2.05. The molecule has 0 spiro atoms. The summed E-state index contributed by atoms with van der Waals surface area (Å²) in [6.07, 6.45) is 7.83. The van der Waals surface area contributed by atoms with Crippen LogP contribution in [0.2, 0.25) is 0 Å². The van der Waals surface area contributed by atoms with E-state index in [4.69, 9.17) is 15.5 Å². The molecule has 0 unspecified atom stereocenters. The number of unbranched alkanes of at least 4 members (excludes halogenated alkanes) is 3. The second-order valence-corrected chi connectivity index (χ2v) is 8.00. The van der Waals surface area contributed by atoms with Crippen LogP contribution in [0.1, 0.15) is 25.7 Å². The lowest BCUT2D eigenvalue weighted by Crippen LogP contribution is -2.10. The summed E-state index contributed by atoms with van der Waals surface area (Å²) in [5.41, 5.74) is 0. The Morgan fingerprint density at radius 3 is 2.21 bits per heavy atom. The summed E-state index contributed by atoms with van der Waals surface area (Å²) in [6, 6.07) is 0. The predicted octanol–water partition coefficient (Wildman–Crippen LogP) is 2.01. The number of hydrogen-bond acceptors (Lipinski definition) is 6. The van der Waals surface area contributed by atoms with Gasteiger partial charge in [0, 0.05) is 14.2 Å². The van der Waals surface area contributed by atoms with Crippen molar-refractivity contribution in [3.05, 3.63) is 0 Å². The van der Waals surface area contributed by atoms with Crippen molar-refractivity contribution >= 4 is 17.7 Å². The summed E-state index contributed by atoms with van der Waals surface area (Å²) in [7, 11) is -3.76. The zero-order valence-corrected chi connectivity index (χ0v) is 13.0. The normalized spacial score (nSPS) is 12.3. The van der Waals surface area contributed by atoms with Gasteiger partial charge >= 0.3 is 7.60 Å². The van der Waals surface area contributed by atoms with Crippen LogP contribution in [-0.4, -0.2) is 41.2 Å². The highest BCUT2D eigenvalue weighted by molar-refractivity contribution is 7.86. The lowest BCUT2D eigenvalue weighted by molar-refractivity contribution is 0.275. The van der Waals surface area contributed by atoms with Gasteiger partial charge in [0.25, 0.3) is 10.1 Å². The summed E-state index contributed by atoms with van der Waals surface area (Å²) < 4.78 is 48.3. The first-order valence-electron chi connectivity index (χ1n) is 5.90. The van der Waals surface area contributed by atoms with Crippen molar-refractivity contribution in [3.8, 4) is 12.3 Å². The third kappa shape index (κ3) is 9.20. The first-order valence-corrected chi connectivity index (χ1v) is 9.21. The molecule has 0 N–H and O–H groups in total. The molecule has 0 saturated heterocycles. The van der Waals surface area contributed by atoms with Gasteiger partial charge in [0.15, 0.2) is 0 Å². The lowest BCUT2D eigenvalue weighted by Gasteiger charge is -2.12. The summed E-state index contributed by atoms with van der Waals surface area (Å²) in [5, 5.41) is 0. The molecule has 0 radical (unpaired) electrons. The highest BCUT2D eigenvalue weighted by Crippen LogP contribution is 2.47. The van der Waals surface area contributed by atoms with E-state index in [2.05, 4.69) is 10.1 Å². The molecule has 19 heavy (non-hydrogen) atoms. The quantitative estimate of drug-likeness (QED) is 0.251. The molecule has 0 aromatic carbocycles. The van der Waals surface area contributed by atoms with Crippen LogP contribution in [0.4, 0.5) is 0 Å². The molecule has 0 aromatic rings. The fraction of sp³-hybridized carbons (Fsp3) is 0.818. The third-order valence-electron chi connectivity index (χ3n) is 2.45. The Hall–Kier alpha value is -0.380. The fourth-order valence-electron chi connectivity index (χ4n) is 1.38. The Labute approximate surface area is 115 Å². The number of rotatable bonds is 11. The zero-order valence-electron chi connectivity index (χ0n) is 11.3. The van der Waals surface area contributed by atoms with Crippen LogP contribution in [0.5, 0.6) is 0 Å². The van der Waals surface area contributed by atoms with Crippen molar-refractivity contribution in [2.24, 2.45) is 0 Å². The van der Waals surface area contributed by atoms with Gasteiger partial charge in [0.1, 0.15) is 6.61 Å². The van der Waals surface area contributed by atoms with Gasteiger partial charge in [0.2, 0.25) is 0 Å². The van der Waals surface area contributed by atoms with Crippen molar-refractivity contribution in [1.29, 1.82) is 0 Å². The van der Waals surface area contributed by atoms with Gasteiger partial charge in [-0.15, -0.1) is 6.42 Å². The Morgan fingerprint density at radius 1 is 1.11 bits per heavy atom. The van der Waals surface area contributed by atoms with Crippen LogP contribution in [0.3, 0.4) is 0 Å². The first-order chi connectivity index (χ1) is 8.89.